The van der Waals surface area contributed by atoms with E-state index in [2.05, 4.69) is 10.6 Å². The van der Waals surface area contributed by atoms with Crippen molar-refractivity contribution in [1.29, 1.82) is 0 Å². The molecule has 0 spiro atoms. The minimum Gasteiger partial charge on any atom is -0.455 e. The van der Waals surface area contributed by atoms with Crippen LogP contribution in [0.3, 0.4) is 0 Å². The monoisotopic (exact) mass is 348 g/mol. The second-order valence-electron chi connectivity index (χ2n) is 5.56. The molecule has 0 saturated heterocycles. The molecule has 0 unspecified atom stereocenters. The van der Waals surface area contributed by atoms with Gasteiger partial charge in [0.15, 0.2) is 17.2 Å². The lowest BCUT2D eigenvalue weighted by molar-refractivity contribution is 0.174. The Bertz CT molecular complexity index is 928. The molecule has 6 heteroatoms. The van der Waals surface area contributed by atoms with Gasteiger partial charge in [-0.05, 0) is 36.4 Å². The van der Waals surface area contributed by atoms with Crippen LogP contribution in [-0.4, -0.2) is 12.8 Å². The van der Waals surface area contributed by atoms with Crippen molar-refractivity contribution < 1.29 is 19.0 Å². The molecule has 0 aliphatic carbocycles. The third-order valence-electron chi connectivity index (χ3n) is 3.74. The second kappa shape index (κ2) is 7.06. The molecule has 3 aromatic carbocycles. The van der Waals surface area contributed by atoms with Crippen LogP contribution in [0.25, 0.3) is 0 Å². The molecule has 26 heavy (non-hydrogen) atoms. The molecule has 0 aromatic heterocycles. The molecule has 6 nitrogen and oxygen atoms in total. The van der Waals surface area contributed by atoms with E-state index in [0.29, 0.717) is 34.4 Å². The maximum absolute atomic E-state index is 12.3. The maximum Gasteiger partial charge on any atom is 0.323 e. The van der Waals surface area contributed by atoms with Crippen LogP contribution >= 0.6 is 0 Å². The van der Waals surface area contributed by atoms with E-state index in [1.807, 2.05) is 42.5 Å². The van der Waals surface area contributed by atoms with Crippen LogP contribution in [0.2, 0.25) is 0 Å². The van der Waals surface area contributed by atoms with Gasteiger partial charge in [-0.1, -0.05) is 30.3 Å². The summed E-state index contributed by atoms with van der Waals surface area (Å²) in [5, 5.41) is 5.57. The van der Waals surface area contributed by atoms with Gasteiger partial charge < -0.3 is 24.8 Å². The summed E-state index contributed by atoms with van der Waals surface area (Å²) >= 11 is 0. The van der Waals surface area contributed by atoms with Crippen LogP contribution in [0.5, 0.6) is 23.0 Å². The number of hydrogen-bond donors (Lipinski definition) is 2. The molecule has 1 heterocycles. The van der Waals surface area contributed by atoms with Gasteiger partial charge in [0.1, 0.15) is 5.75 Å². The average molecular weight is 348 g/mol. The lowest BCUT2D eigenvalue weighted by atomic mass is 10.2. The summed E-state index contributed by atoms with van der Waals surface area (Å²) in [6.45, 7) is 0.190. The Morgan fingerprint density at radius 1 is 0.846 bits per heavy atom. The third kappa shape index (κ3) is 3.54. The number of ether oxygens (including phenoxy) is 3. The van der Waals surface area contributed by atoms with Gasteiger partial charge in [-0.2, -0.15) is 0 Å². The summed E-state index contributed by atoms with van der Waals surface area (Å²) in [5.41, 5.74) is 1.17. The quantitative estimate of drug-likeness (QED) is 0.707. The molecule has 1 aliphatic rings. The average Bonchev–Trinajstić information content (AvgIpc) is 3.12. The Balaban J connectivity index is 1.46. The Labute approximate surface area is 150 Å². The van der Waals surface area contributed by atoms with Gasteiger partial charge in [0.2, 0.25) is 6.79 Å². The number of rotatable bonds is 4. The van der Waals surface area contributed by atoms with Crippen LogP contribution in [0, 0.1) is 0 Å². The van der Waals surface area contributed by atoms with E-state index in [9.17, 15) is 4.79 Å². The van der Waals surface area contributed by atoms with Gasteiger partial charge in [0, 0.05) is 11.8 Å². The number of fused-ring (bicyclic) bond motifs is 1. The first-order valence-electron chi connectivity index (χ1n) is 8.07. The summed E-state index contributed by atoms with van der Waals surface area (Å²) in [7, 11) is 0. The number of urea groups is 1. The number of carbonyl (C=O) groups is 1. The van der Waals surface area contributed by atoms with Crippen molar-refractivity contribution >= 4 is 17.4 Å². The molecule has 3 aromatic rings. The van der Waals surface area contributed by atoms with Crippen molar-refractivity contribution in [2.24, 2.45) is 0 Å². The molecule has 0 bridgehead atoms. The molecule has 0 saturated carbocycles. The van der Waals surface area contributed by atoms with E-state index in [4.69, 9.17) is 14.2 Å². The highest BCUT2D eigenvalue weighted by atomic mass is 16.7. The summed E-state index contributed by atoms with van der Waals surface area (Å²) in [5.74, 6) is 2.52. The fourth-order valence-electron chi connectivity index (χ4n) is 2.53. The lowest BCUT2D eigenvalue weighted by Gasteiger charge is -2.13. The lowest BCUT2D eigenvalue weighted by Crippen LogP contribution is -2.19. The summed E-state index contributed by atoms with van der Waals surface area (Å²) in [6.07, 6.45) is 0. The van der Waals surface area contributed by atoms with E-state index in [1.54, 1.807) is 30.3 Å². The minimum atomic E-state index is -0.382. The standard InChI is InChI=1S/C20H16N2O4/c23-20(21-14-10-11-18-19(12-14)25-13-24-18)22-16-8-4-5-9-17(16)26-15-6-2-1-3-7-15/h1-12H,13H2,(H2,21,22,23). The van der Waals surface area contributed by atoms with E-state index in [-0.39, 0.29) is 12.8 Å². The SMILES string of the molecule is O=C(Nc1ccc2c(c1)OCO2)Nc1ccccc1Oc1ccccc1. The van der Waals surface area contributed by atoms with Crippen LogP contribution < -0.4 is 24.8 Å². The zero-order valence-electron chi connectivity index (χ0n) is 13.8. The van der Waals surface area contributed by atoms with Gasteiger partial charge >= 0.3 is 6.03 Å². The second-order valence-corrected chi connectivity index (χ2v) is 5.56. The molecule has 2 N–H and O–H groups in total. The first-order valence-corrected chi connectivity index (χ1v) is 8.07. The Kier molecular flexibility index (Phi) is 4.30. The highest BCUT2D eigenvalue weighted by Gasteiger charge is 2.14. The fraction of sp³-hybridized carbons (Fsp3) is 0.0500. The first-order chi connectivity index (χ1) is 12.8. The first kappa shape index (κ1) is 15.8. The predicted octanol–water partition coefficient (Wildman–Crippen LogP) is 4.85. The van der Waals surface area contributed by atoms with Gasteiger partial charge in [-0.3, -0.25) is 0 Å². The molecule has 0 atom stereocenters. The molecular formula is C20H16N2O4. The number of anilines is 2. The number of benzene rings is 3. The smallest absolute Gasteiger partial charge is 0.323 e. The Morgan fingerprint density at radius 2 is 1.62 bits per heavy atom. The molecule has 0 radical (unpaired) electrons. The van der Waals surface area contributed by atoms with Gasteiger partial charge in [-0.25, -0.2) is 4.79 Å². The van der Waals surface area contributed by atoms with E-state index in [1.165, 1.54) is 0 Å². The summed E-state index contributed by atoms with van der Waals surface area (Å²) in [4.78, 5) is 12.3. The van der Waals surface area contributed by atoms with Gasteiger partial charge in [0.25, 0.3) is 0 Å². The fourth-order valence-corrected chi connectivity index (χ4v) is 2.53. The van der Waals surface area contributed by atoms with E-state index >= 15 is 0 Å². The predicted molar refractivity (Wildman–Crippen MR) is 98.2 cm³/mol. The Hall–Kier alpha value is -3.67. The molecule has 0 fully saturated rings. The third-order valence-corrected chi connectivity index (χ3v) is 3.74. The van der Waals surface area contributed by atoms with Crippen LogP contribution in [0.4, 0.5) is 16.2 Å². The van der Waals surface area contributed by atoms with Crippen molar-refractivity contribution in [3.05, 3.63) is 72.8 Å². The van der Waals surface area contributed by atoms with E-state index in [0.717, 1.165) is 0 Å². The van der Waals surface area contributed by atoms with Crippen molar-refractivity contribution in [2.75, 3.05) is 17.4 Å². The van der Waals surface area contributed by atoms with Crippen LogP contribution in [0.15, 0.2) is 72.8 Å². The van der Waals surface area contributed by atoms with E-state index < -0.39 is 0 Å². The van der Waals surface area contributed by atoms with Crippen molar-refractivity contribution in [2.45, 2.75) is 0 Å². The molecule has 130 valence electrons. The number of carbonyl (C=O) groups excluding carboxylic acids is 1. The van der Waals surface area contributed by atoms with Crippen molar-refractivity contribution in [1.82, 2.24) is 0 Å². The zero-order valence-corrected chi connectivity index (χ0v) is 13.8. The number of amides is 2. The molecule has 2 amide bonds. The Morgan fingerprint density at radius 3 is 2.50 bits per heavy atom. The topological polar surface area (TPSA) is 68.8 Å². The van der Waals surface area contributed by atoms with Gasteiger partial charge in [-0.15, -0.1) is 0 Å². The zero-order chi connectivity index (χ0) is 17.8. The van der Waals surface area contributed by atoms with Gasteiger partial charge in [0.05, 0.1) is 5.69 Å². The van der Waals surface area contributed by atoms with Crippen LogP contribution in [-0.2, 0) is 0 Å². The molecule has 4 rings (SSSR count). The van der Waals surface area contributed by atoms with Crippen LogP contribution in [0.1, 0.15) is 0 Å². The summed E-state index contributed by atoms with van der Waals surface area (Å²) < 4.78 is 16.4. The van der Waals surface area contributed by atoms with Crippen molar-refractivity contribution in [3.8, 4) is 23.0 Å². The highest BCUT2D eigenvalue weighted by molar-refractivity contribution is 6.00. The largest absolute Gasteiger partial charge is 0.455 e. The van der Waals surface area contributed by atoms with Crippen molar-refractivity contribution in [3.63, 3.8) is 0 Å². The normalized spacial score (nSPS) is 11.7. The molecule has 1 aliphatic heterocycles. The maximum atomic E-state index is 12.3. The summed E-state index contributed by atoms with van der Waals surface area (Å²) in [6, 6.07) is 21.5. The number of hydrogen-bond acceptors (Lipinski definition) is 4. The number of nitrogens with one attached hydrogen (secondary N) is 2. The number of para-hydroxylation sites is 3. The molecular weight excluding hydrogens is 332 g/mol. The highest BCUT2D eigenvalue weighted by Crippen LogP contribution is 2.34. The minimum absolute atomic E-state index is 0.190.